The Morgan fingerprint density at radius 1 is 1.60 bits per heavy atom. The molecule has 0 saturated carbocycles. The third-order valence-electron chi connectivity index (χ3n) is 1.57. The van der Waals surface area contributed by atoms with Gasteiger partial charge in [-0.05, 0) is 20.3 Å². The summed E-state index contributed by atoms with van der Waals surface area (Å²) in [6, 6.07) is 0. The van der Waals surface area contributed by atoms with Gasteiger partial charge in [0, 0.05) is 19.5 Å². The van der Waals surface area contributed by atoms with Crippen LogP contribution in [-0.2, 0) is 29.0 Å². The number of esters is 1. The van der Waals surface area contributed by atoms with Gasteiger partial charge in [-0.3, -0.25) is 4.79 Å². The van der Waals surface area contributed by atoms with Crippen molar-refractivity contribution in [1.29, 1.82) is 0 Å². The molecule has 0 aliphatic heterocycles. The van der Waals surface area contributed by atoms with Gasteiger partial charge in [0.2, 0.25) is 0 Å². The number of carbonyl (C=O) groups is 1. The minimum absolute atomic E-state index is 0. The zero-order valence-corrected chi connectivity index (χ0v) is 8.20. The molecule has 0 atom stereocenters. The van der Waals surface area contributed by atoms with Gasteiger partial charge in [0.1, 0.15) is 0 Å². The monoisotopic (exact) mass is 232 g/mol. The van der Waals surface area contributed by atoms with E-state index >= 15 is 0 Å². The molecule has 2 nitrogen and oxygen atoms in total. The van der Waals surface area contributed by atoms with Gasteiger partial charge in [0.15, 0.2) is 0 Å². The largest absolute Gasteiger partial charge is 0.640 e. The summed E-state index contributed by atoms with van der Waals surface area (Å²) in [5.74, 6) is -0.245. The Morgan fingerprint density at radius 2 is 2.00 bits per heavy atom. The topological polar surface area (TPSA) is 26.3 Å². The van der Waals surface area contributed by atoms with Crippen molar-refractivity contribution < 1.29 is 29.0 Å². The number of carbonyl (C=O) groups excluding carboxylic acids is 1. The van der Waals surface area contributed by atoms with Gasteiger partial charge in [-0.15, -0.1) is 0 Å². The summed E-state index contributed by atoms with van der Waals surface area (Å²) in [7, 11) is 3.05. The fourth-order valence-electron chi connectivity index (χ4n) is 0.340. The molecular weight excluding hydrogens is 219 g/mol. The second-order valence-electron chi connectivity index (χ2n) is 2.67. The number of ether oxygens (including phenoxy) is 1. The van der Waals surface area contributed by atoms with Crippen LogP contribution < -0.4 is 0 Å². The minimum atomic E-state index is -0.373. The van der Waals surface area contributed by atoms with Crippen molar-refractivity contribution >= 4 is 5.97 Å². The molecule has 0 fully saturated rings. The molecule has 10 heavy (non-hydrogen) atoms. The van der Waals surface area contributed by atoms with E-state index < -0.39 is 0 Å². The second kappa shape index (κ2) is 4.84. The summed E-state index contributed by atoms with van der Waals surface area (Å²) >= 11 is 0. The van der Waals surface area contributed by atoms with E-state index in [1.54, 1.807) is 0 Å². The third-order valence-corrected chi connectivity index (χ3v) is 1.57. The van der Waals surface area contributed by atoms with Crippen LogP contribution in [0.1, 0.15) is 27.2 Å². The number of rotatable bonds is 2. The first-order chi connectivity index (χ1) is 4.04. The first-order valence-corrected chi connectivity index (χ1v) is 3.01. The van der Waals surface area contributed by atoms with E-state index in [1.807, 2.05) is 20.8 Å². The Labute approximate surface area is 75.1 Å². The summed E-state index contributed by atoms with van der Waals surface area (Å²) in [5, 5.41) is 0. The van der Waals surface area contributed by atoms with E-state index in [0.29, 0.717) is 0 Å². The molecule has 1 radical (unpaired) electrons. The van der Waals surface area contributed by atoms with Gasteiger partial charge >= 0.3 is 0 Å². The Bertz CT molecular complexity index is 110. The summed E-state index contributed by atoms with van der Waals surface area (Å²) in [6.45, 7) is 5.61. The van der Waals surface area contributed by atoms with Crippen molar-refractivity contribution in [3.63, 3.8) is 0 Å². The molecule has 0 bridgehead atoms. The van der Waals surface area contributed by atoms with Gasteiger partial charge in [0.05, 0.1) is 5.41 Å². The average Bonchev–Trinajstić information content (AvgIpc) is 1.86. The first kappa shape index (κ1) is 12.7. The molecule has 0 aromatic carbocycles. The van der Waals surface area contributed by atoms with Gasteiger partial charge in [-0.2, -0.15) is 7.11 Å². The fraction of sp³-hybridized carbons (Fsp3) is 0.714. The first-order valence-electron chi connectivity index (χ1n) is 3.01. The van der Waals surface area contributed by atoms with Gasteiger partial charge in [-0.25, -0.2) is 0 Å². The Balaban J connectivity index is 0. The van der Waals surface area contributed by atoms with Gasteiger partial charge in [-0.1, -0.05) is 6.92 Å². The van der Waals surface area contributed by atoms with Crippen molar-refractivity contribution in [1.82, 2.24) is 0 Å². The number of hydrogen-bond acceptors (Lipinski definition) is 2. The van der Waals surface area contributed by atoms with Crippen LogP contribution in [0.4, 0.5) is 0 Å². The molecule has 3 heteroatoms. The molecular formula is C7H13O2Rh-. The summed E-state index contributed by atoms with van der Waals surface area (Å²) in [5.41, 5.74) is -0.373. The van der Waals surface area contributed by atoms with E-state index in [9.17, 15) is 4.79 Å². The molecule has 0 aromatic heterocycles. The zero-order valence-electron chi connectivity index (χ0n) is 6.56. The second-order valence-corrected chi connectivity index (χ2v) is 2.67. The van der Waals surface area contributed by atoms with Gasteiger partial charge in [0.25, 0.3) is 5.97 Å². The average molecular weight is 232 g/mol. The SMILES string of the molecule is [CH2-]OC(=O)C(C)(C)CC.[Rh]. The van der Waals surface area contributed by atoms with E-state index in [-0.39, 0.29) is 30.9 Å². The smallest absolute Gasteiger partial charge is 0.279 e. The van der Waals surface area contributed by atoms with Crippen molar-refractivity contribution in [2.75, 3.05) is 0 Å². The molecule has 0 saturated heterocycles. The maximum atomic E-state index is 10.8. The normalized spacial score (nSPS) is 10.0. The van der Waals surface area contributed by atoms with Crippen LogP contribution in [0.2, 0.25) is 0 Å². The van der Waals surface area contributed by atoms with Crippen LogP contribution in [0.3, 0.4) is 0 Å². The summed E-state index contributed by atoms with van der Waals surface area (Å²) < 4.78 is 4.32. The number of hydrogen-bond donors (Lipinski definition) is 0. The summed E-state index contributed by atoms with van der Waals surface area (Å²) in [6.07, 6.45) is 0.779. The van der Waals surface area contributed by atoms with E-state index in [1.165, 1.54) is 0 Å². The Hall–Kier alpha value is 0.0934. The zero-order chi connectivity index (χ0) is 7.49. The molecule has 0 rings (SSSR count). The van der Waals surface area contributed by atoms with Crippen molar-refractivity contribution in [2.24, 2.45) is 5.41 Å². The van der Waals surface area contributed by atoms with Crippen LogP contribution >= 0.6 is 0 Å². The maximum Gasteiger partial charge on any atom is 0.279 e. The minimum Gasteiger partial charge on any atom is -0.640 e. The Kier molecular flexibility index (Phi) is 6.17. The van der Waals surface area contributed by atoms with Crippen LogP contribution in [0.5, 0.6) is 0 Å². The predicted octanol–water partition coefficient (Wildman–Crippen LogP) is 1.75. The van der Waals surface area contributed by atoms with Crippen LogP contribution in [-0.4, -0.2) is 5.97 Å². The van der Waals surface area contributed by atoms with Crippen LogP contribution in [0.15, 0.2) is 0 Å². The van der Waals surface area contributed by atoms with E-state index in [2.05, 4.69) is 11.8 Å². The van der Waals surface area contributed by atoms with Crippen molar-refractivity contribution in [2.45, 2.75) is 27.2 Å². The quantitative estimate of drug-likeness (QED) is 0.412. The molecule has 0 heterocycles. The molecule has 63 valence electrons. The van der Waals surface area contributed by atoms with Crippen LogP contribution in [0.25, 0.3) is 0 Å². The van der Waals surface area contributed by atoms with E-state index in [0.717, 1.165) is 6.42 Å². The van der Waals surface area contributed by atoms with Gasteiger partial charge < -0.3 is 4.74 Å². The molecule has 0 aliphatic carbocycles. The molecule has 0 amide bonds. The van der Waals surface area contributed by atoms with E-state index in [4.69, 9.17) is 0 Å². The van der Waals surface area contributed by atoms with Crippen molar-refractivity contribution in [3.8, 4) is 0 Å². The molecule has 0 aliphatic rings. The van der Waals surface area contributed by atoms with Crippen molar-refractivity contribution in [3.05, 3.63) is 7.11 Å². The predicted molar refractivity (Wildman–Crippen MR) is 35.5 cm³/mol. The molecule has 0 unspecified atom stereocenters. The standard InChI is InChI=1S/C7H13O2.Rh/c1-5-7(2,3)6(8)9-4;/h4-5H2,1-3H3;/q-1;. The summed E-state index contributed by atoms with van der Waals surface area (Å²) in [4.78, 5) is 10.8. The molecule has 0 aromatic rings. The van der Waals surface area contributed by atoms with Crippen LogP contribution in [0, 0.1) is 12.5 Å². The molecule has 0 N–H and O–H groups in total. The fourth-order valence-corrected chi connectivity index (χ4v) is 0.340. The third kappa shape index (κ3) is 3.31. The Morgan fingerprint density at radius 3 is 2.10 bits per heavy atom. The maximum absolute atomic E-state index is 10.8. The molecule has 0 spiro atoms.